The molecule has 0 fully saturated rings. The zero-order valence-corrected chi connectivity index (χ0v) is 8.43. The number of nitrogens with two attached hydrogens (primary N) is 1. The highest BCUT2D eigenvalue weighted by molar-refractivity contribution is 5.70. The molecule has 1 heterocycles. The summed E-state index contributed by atoms with van der Waals surface area (Å²) in [6.07, 6.45) is 1.86. The number of esters is 1. The number of aryl methyl sites for hydroxylation is 1. The lowest BCUT2D eigenvalue weighted by Crippen LogP contribution is -2.19. The fourth-order valence-electron chi connectivity index (χ4n) is 1.29. The molecule has 1 aromatic heterocycles. The molecule has 0 bridgehead atoms. The molecule has 0 aliphatic heterocycles. The summed E-state index contributed by atoms with van der Waals surface area (Å²) >= 11 is 0. The van der Waals surface area contributed by atoms with E-state index in [2.05, 4.69) is 9.84 Å². The quantitative estimate of drug-likeness (QED) is 0.712. The van der Waals surface area contributed by atoms with Crippen molar-refractivity contribution in [2.24, 2.45) is 5.73 Å². The van der Waals surface area contributed by atoms with Crippen LogP contribution in [-0.2, 0) is 16.1 Å². The Morgan fingerprint density at radius 1 is 1.79 bits per heavy atom. The van der Waals surface area contributed by atoms with E-state index >= 15 is 0 Å². The lowest BCUT2D eigenvalue weighted by molar-refractivity contribution is -0.141. The van der Waals surface area contributed by atoms with E-state index in [9.17, 15) is 4.79 Å². The summed E-state index contributed by atoms with van der Waals surface area (Å²) in [5, 5.41) is 4.07. The van der Waals surface area contributed by atoms with Gasteiger partial charge in [0.25, 0.3) is 0 Å². The number of carbonyl (C=O) groups excluding carboxylic acids is 1. The predicted octanol–water partition coefficient (Wildman–Crippen LogP) is 0.466. The summed E-state index contributed by atoms with van der Waals surface area (Å²) < 4.78 is 6.32. The third kappa shape index (κ3) is 2.32. The Bertz CT molecular complexity index is 309. The number of aromatic nitrogens is 2. The molecule has 0 radical (unpaired) electrons. The van der Waals surface area contributed by atoms with Crippen LogP contribution < -0.4 is 5.73 Å². The Morgan fingerprint density at radius 2 is 2.50 bits per heavy atom. The van der Waals surface area contributed by atoms with Gasteiger partial charge in [0.1, 0.15) is 0 Å². The van der Waals surface area contributed by atoms with Gasteiger partial charge in [-0.15, -0.1) is 0 Å². The van der Waals surface area contributed by atoms with Crippen molar-refractivity contribution in [1.82, 2.24) is 9.78 Å². The van der Waals surface area contributed by atoms with E-state index in [0.717, 1.165) is 12.2 Å². The van der Waals surface area contributed by atoms with E-state index in [-0.39, 0.29) is 18.4 Å². The Balaban J connectivity index is 2.68. The molecule has 0 aliphatic rings. The first-order valence-corrected chi connectivity index (χ1v) is 4.53. The molecule has 0 saturated heterocycles. The van der Waals surface area contributed by atoms with Crippen LogP contribution in [0.15, 0.2) is 12.3 Å². The van der Waals surface area contributed by atoms with Crippen LogP contribution in [0.1, 0.15) is 25.1 Å². The molecule has 0 amide bonds. The highest BCUT2D eigenvalue weighted by Gasteiger charge is 2.15. The third-order valence-corrected chi connectivity index (χ3v) is 2.04. The van der Waals surface area contributed by atoms with Crippen LogP contribution in [0.25, 0.3) is 0 Å². The summed E-state index contributed by atoms with van der Waals surface area (Å²) in [4.78, 5) is 11.0. The second-order valence-corrected chi connectivity index (χ2v) is 2.96. The minimum atomic E-state index is -0.343. The van der Waals surface area contributed by atoms with Gasteiger partial charge < -0.3 is 10.5 Å². The SMILES string of the molecule is CCn1nccc1[C@@H](N)CC(=O)OC. The smallest absolute Gasteiger partial charge is 0.307 e. The lowest BCUT2D eigenvalue weighted by atomic mass is 10.1. The van der Waals surface area contributed by atoms with Crippen LogP contribution in [0.5, 0.6) is 0 Å². The summed E-state index contributed by atoms with van der Waals surface area (Å²) in [5.41, 5.74) is 6.69. The van der Waals surface area contributed by atoms with Crippen molar-refractivity contribution >= 4 is 5.97 Å². The number of carbonyl (C=O) groups is 1. The molecule has 5 nitrogen and oxygen atoms in total. The monoisotopic (exact) mass is 197 g/mol. The zero-order valence-electron chi connectivity index (χ0n) is 8.43. The average molecular weight is 197 g/mol. The van der Waals surface area contributed by atoms with Crippen LogP contribution in [0.3, 0.4) is 0 Å². The maximum absolute atomic E-state index is 11.0. The molecule has 0 saturated carbocycles. The van der Waals surface area contributed by atoms with Crippen molar-refractivity contribution in [1.29, 1.82) is 0 Å². The second-order valence-electron chi connectivity index (χ2n) is 2.96. The zero-order chi connectivity index (χ0) is 10.6. The van der Waals surface area contributed by atoms with Crippen LogP contribution in [0.4, 0.5) is 0 Å². The molecule has 78 valence electrons. The van der Waals surface area contributed by atoms with Crippen LogP contribution in [0.2, 0.25) is 0 Å². The van der Waals surface area contributed by atoms with Crippen LogP contribution >= 0.6 is 0 Å². The fraction of sp³-hybridized carbons (Fsp3) is 0.556. The Kier molecular flexibility index (Phi) is 3.64. The first kappa shape index (κ1) is 10.7. The molecule has 14 heavy (non-hydrogen) atoms. The topological polar surface area (TPSA) is 70.1 Å². The van der Waals surface area contributed by atoms with Gasteiger partial charge in [0.15, 0.2) is 0 Å². The Hall–Kier alpha value is -1.36. The Morgan fingerprint density at radius 3 is 3.07 bits per heavy atom. The highest BCUT2D eigenvalue weighted by atomic mass is 16.5. The summed E-state index contributed by atoms with van der Waals surface area (Å²) in [6.45, 7) is 2.72. The van der Waals surface area contributed by atoms with Crippen LogP contribution in [-0.4, -0.2) is 22.9 Å². The molecular weight excluding hydrogens is 182 g/mol. The standard InChI is InChI=1S/C9H15N3O2/c1-3-12-8(4-5-11-12)7(10)6-9(13)14-2/h4-5,7H,3,6,10H2,1-2H3/t7-/m0/s1. The molecule has 0 unspecified atom stereocenters. The largest absolute Gasteiger partial charge is 0.469 e. The summed E-state index contributed by atoms with van der Waals surface area (Å²) in [6, 6.07) is 1.47. The van der Waals surface area contributed by atoms with Gasteiger partial charge in [0.05, 0.1) is 25.3 Å². The molecule has 0 spiro atoms. The minimum Gasteiger partial charge on any atom is -0.469 e. The van der Waals surface area contributed by atoms with Gasteiger partial charge in [-0.3, -0.25) is 9.48 Å². The van der Waals surface area contributed by atoms with Gasteiger partial charge in [-0.05, 0) is 13.0 Å². The van der Waals surface area contributed by atoms with E-state index in [4.69, 9.17) is 5.73 Å². The number of ether oxygens (including phenoxy) is 1. The molecule has 1 atom stereocenters. The molecule has 2 N–H and O–H groups in total. The normalized spacial score (nSPS) is 12.5. The van der Waals surface area contributed by atoms with Gasteiger partial charge in [-0.2, -0.15) is 5.10 Å². The van der Waals surface area contributed by atoms with E-state index in [0.29, 0.717) is 0 Å². The van der Waals surface area contributed by atoms with Gasteiger partial charge >= 0.3 is 5.97 Å². The molecule has 5 heteroatoms. The van der Waals surface area contributed by atoms with E-state index in [1.54, 1.807) is 10.9 Å². The predicted molar refractivity (Wildman–Crippen MR) is 51.5 cm³/mol. The molecule has 0 aliphatic carbocycles. The van der Waals surface area contributed by atoms with Gasteiger partial charge in [-0.25, -0.2) is 0 Å². The van der Waals surface area contributed by atoms with Crippen molar-refractivity contribution in [2.45, 2.75) is 25.9 Å². The van der Waals surface area contributed by atoms with E-state index in [1.165, 1.54) is 7.11 Å². The van der Waals surface area contributed by atoms with Gasteiger partial charge in [0, 0.05) is 12.7 Å². The average Bonchev–Trinajstić information content (AvgIpc) is 2.65. The lowest BCUT2D eigenvalue weighted by Gasteiger charge is -2.11. The third-order valence-electron chi connectivity index (χ3n) is 2.04. The number of methoxy groups -OCH3 is 1. The first-order chi connectivity index (χ1) is 6.69. The molecule has 0 aromatic carbocycles. The fourth-order valence-corrected chi connectivity index (χ4v) is 1.29. The highest BCUT2D eigenvalue weighted by Crippen LogP contribution is 2.13. The van der Waals surface area contributed by atoms with E-state index in [1.807, 2.05) is 13.0 Å². The van der Waals surface area contributed by atoms with E-state index < -0.39 is 0 Å². The number of hydrogen-bond donors (Lipinski definition) is 1. The van der Waals surface area contributed by atoms with Crippen molar-refractivity contribution < 1.29 is 9.53 Å². The maximum Gasteiger partial charge on any atom is 0.307 e. The Labute approximate surface area is 82.8 Å². The van der Waals surface area contributed by atoms with Crippen molar-refractivity contribution in [2.75, 3.05) is 7.11 Å². The molecule has 1 rings (SSSR count). The first-order valence-electron chi connectivity index (χ1n) is 4.53. The van der Waals surface area contributed by atoms with Gasteiger partial charge in [0.2, 0.25) is 0 Å². The molecular formula is C9H15N3O2. The second kappa shape index (κ2) is 4.76. The molecule has 1 aromatic rings. The van der Waals surface area contributed by atoms with Crippen molar-refractivity contribution in [3.63, 3.8) is 0 Å². The van der Waals surface area contributed by atoms with Crippen molar-refractivity contribution in [3.05, 3.63) is 18.0 Å². The minimum absolute atomic E-state index is 0.183. The number of nitrogens with zero attached hydrogens (tertiary/aromatic N) is 2. The summed E-state index contributed by atoms with van der Waals surface area (Å²) in [7, 11) is 1.35. The van der Waals surface area contributed by atoms with Crippen molar-refractivity contribution in [3.8, 4) is 0 Å². The number of hydrogen-bond acceptors (Lipinski definition) is 4. The summed E-state index contributed by atoms with van der Waals surface area (Å²) in [5.74, 6) is -0.304. The maximum atomic E-state index is 11.0. The van der Waals surface area contributed by atoms with Crippen LogP contribution in [0, 0.1) is 0 Å². The number of rotatable bonds is 4. The van der Waals surface area contributed by atoms with Gasteiger partial charge in [-0.1, -0.05) is 0 Å².